The minimum absolute atomic E-state index is 0.413. The normalized spacial score (nSPS) is 13.8. The second kappa shape index (κ2) is 8.68. The van der Waals surface area contributed by atoms with Crippen LogP contribution in [-0.2, 0) is 4.74 Å². The molecular weight excluding hydrogens is 402 g/mol. The van der Waals surface area contributed by atoms with Crippen LogP contribution in [-0.4, -0.2) is 48.3 Å². The first-order valence-corrected chi connectivity index (χ1v) is 10.6. The molecule has 8 nitrogen and oxygen atoms in total. The van der Waals surface area contributed by atoms with Crippen LogP contribution >= 0.6 is 0 Å². The molecule has 1 aliphatic rings. The number of aromatic nitrogens is 3. The summed E-state index contributed by atoms with van der Waals surface area (Å²) in [6, 6.07) is 18.1. The smallest absolute Gasteiger partial charge is 0.229 e. The van der Waals surface area contributed by atoms with Crippen LogP contribution in [0.3, 0.4) is 0 Å². The van der Waals surface area contributed by atoms with Crippen molar-refractivity contribution in [3.05, 3.63) is 60.8 Å². The Bertz CT molecular complexity index is 1240. The van der Waals surface area contributed by atoms with Crippen molar-refractivity contribution in [2.45, 2.75) is 0 Å². The Morgan fingerprint density at radius 3 is 2.56 bits per heavy atom. The van der Waals surface area contributed by atoms with Gasteiger partial charge in [0, 0.05) is 54.3 Å². The third kappa shape index (κ3) is 4.00. The van der Waals surface area contributed by atoms with Crippen LogP contribution in [0.2, 0.25) is 0 Å². The molecule has 0 amide bonds. The zero-order valence-corrected chi connectivity index (χ0v) is 17.9. The molecule has 2 aromatic heterocycles. The maximum absolute atomic E-state index is 6.29. The Morgan fingerprint density at radius 2 is 1.78 bits per heavy atom. The monoisotopic (exact) mass is 427 g/mol. The third-order valence-corrected chi connectivity index (χ3v) is 5.57. The molecule has 4 N–H and O–H groups in total. The van der Waals surface area contributed by atoms with Gasteiger partial charge >= 0.3 is 0 Å². The van der Waals surface area contributed by atoms with Gasteiger partial charge < -0.3 is 26.0 Å². The van der Waals surface area contributed by atoms with Gasteiger partial charge in [0.1, 0.15) is 11.3 Å². The molecule has 0 saturated carbocycles. The first kappa shape index (κ1) is 20.0. The molecule has 0 radical (unpaired) electrons. The summed E-state index contributed by atoms with van der Waals surface area (Å²) >= 11 is 0. The van der Waals surface area contributed by atoms with Crippen molar-refractivity contribution < 1.29 is 4.74 Å². The van der Waals surface area contributed by atoms with E-state index in [1.165, 1.54) is 5.69 Å². The number of hydrogen-bond donors (Lipinski definition) is 3. The maximum atomic E-state index is 6.29. The number of rotatable bonds is 5. The van der Waals surface area contributed by atoms with Crippen molar-refractivity contribution in [1.82, 2.24) is 15.0 Å². The largest absolute Gasteiger partial charge is 0.388 e. The van der Waals surface area contributed by atoms with Gasteiger partial charge in [0.05, 0.1) is 18.9 Å². The lowest BCUT2D eigenvalue weighted by Gasteiger charge is -2.28. The predicted molar refractivity (Wildman–Crippen MR) is 129 cm³/mol. The molecule has 1 fully saturated rings. The zero-order valence-electron chi connectivity index (χ0n) is 17.9. The van der Waals surface area contributed by atoms with Crippen LogP contribution in [0.4, 0.5) is 28.8 Å². The lowest BCUT2D eigenvalue weighted by Crippen LogP contribution is -2.36. The van der Waals surface area contributed by atoms with Gasteiger partial charge in [0.2, 0.25) is 5.95 Å². The summed E-state index contributed by atoms with van der Waals surface area (Å²) < 4.78 is 5.43. The molecule has 0 unspecified atom stereocenters. The number of hydrogen-bond acceptors (Lipinski definition) is 8. The number of anilines is 5. The summed E-state index contributed by atoms with van der Waals surface area (Å²) in [4.78, 5) is 16.1. The SMILES string of the molecule is CNc1cccc(-c2nccc3c(N)nc(Nc4ccc(N5CCOCC5)cc4)nc23)c1. The van der Waals surface area contributed by atoms with Crippen LogP contribution < -0.4 is 21.3 Å². The van der Waals surface area contributed by atoms with Gasteiger partial charge in [0.25, 0.3) is 0 Å². The van der Waals surface area contributed by atoms with E-state index in [9.17, 15) is 0 Å². The van der Waals surface area contributed by atoms with E-state index >= 15 is 0 Å². The van der Waals surface area contributed by atoms with Crippen molar-refractivity contribution in [2.24, 2.45) is 0 Å². The van der Waals surface area contributed by atoms with E-state index in [2.05, 4.69) is 37.6 Å². The van der Waals surface area contributed by atoms with Crippen LogP contribution in [0.5, 0.6) is 0 Å². The molecule has 0 bridgehead atoms. The van der Waals surface area contributed by atoms with Gasteiger partial charge in [-0.05, 0) is 42.5 Å². The Labute approximate surface area is 186 Å². The Hall–Kier alpha value is -3.91. The highest BCUT2D eigenvalue weighted by atomic mass is 16.5. The molecule has 0 aliphatic carbocycles. The predicted octanol–water partition coefficient (Wildman–Crippen LogP) is 3.90. The fraction of sp³-hybridized carbons (Fsp3) is 0.208. The van der Waals surface area contributed by atoms with Crippen molar-refractivity contribution in [3.63, 3.8) is 0 Å². The van der Waals surface area contributed by atoms with E-state index in [0.29, 0.717) is 17.3 Å². The number of ether oxygens (including phenoxy) is 1. The number of nitrogens with two attached hydrogens (primary N) is 1. The first-order valence-electron chi connectivity index (χ1n) is 10.6. The highest BCUT2D eigenvalue weighted by Gasteiger charge is 2.14. The standard InChI is InChI=1S/C24H25N7O/c1-26-18-4-2-3-16(15-18)21-22-20(9-10-27-21)23(25)30-24(29-22)28-17-5-7-19(8-6-17)31-11-13-32-14-12-31/h2-10,15,26H,11-14H2,1H3,(H3,25,28,29,30). The molecule has 162 valence electrons. The van der Waals surface area contributed by atoms with Crippen molar-refractivity contribution >= 4 is 39.7 Å². The summed E-state index contributed by atoms with van der Waals surface area (Å²) in [5, 5.41) is 7.22. The highest BCUT2D eigenvalue weighted by Crippen LogP contribution is 2.30. The number of morpholine rings is 1. The number of nitrogens with one attached hydrogen (secondary N) is 2. The molecule has 1 aliphatic heterocycles. The Balaban J connectivity index is 1.47. The molecule has 0 spiro atoms. The van der Waals surface area contributed by atoms with Crippen LogP contribution in [0.25, 0.3) is 22.2 Å². The van der Waals surface area contributed by atoms with E-state index in [1.54, 1.807) is 6.20 Å². The summed E-state index contributed by atoms with van der Waals surface area (Å²) in [6.07, 6.45) is 1.74. The van der Waals surface area contributed by atoms with Gasteiger partial charge in [-0.1, -0.05) is 12.1 Å². The second-order valence-electron chi connectivity index (χ2n) is 7.59. The quantitative estimate of drug-likeness (QED) is 0.441. The third-order valence-electron chi connectivity index (χ3n) is 5.57. The number of benzene rings is 2. The fourth-order valence-corrected chi connectivity index (χ4v) is 3.87. The van der Waals surface area contributed by atoms with Gasteiger partial charge in [-0.3, -0.25) is 4.98 Å². The van der Waals surface area contributed by atoms with E-state index in [4.69, 9.17) is 15.5 Å². The Kier molecular flexibility index (Phi) is 5.43. The molecule has 4 aromatic rings. The summed E-state index contributed by atoms with van der Waals surface area (Å²) in [5.74, 6) is 0.851. The second-order valence-corrected chi connectivity index (χ2v) is 7.59. The lowest BCUT2D eigenvalue weighted by atomic mass is 10.1. The number of nitrogen functional groups attached to an aromatic ring is 1. The minimum Gasteiger partial charge on any atom is -0.388 e. The number of fused-ring (bicyclic) bond motifs is 1. The lowest BCUT2D eigenvalue weighted by molar-refractivity contribution is 0.122. The van der Waals surface area contributed by atoms with Crippen LogP contribution in [0.1, 0.15) is 0 Å². The van der Waals surface area contributed by atoms with Crippen LogP contribution in [0, 0.1) is 0 Å². The zero-order chi connectivity index (χ0) is 21.9. The minimum atomic E-state index is 0.413. The van der Waals surface area contributed by atoms with Crippen LogP contribution in [0.15, 0.2) is 60.8 Å². The molecule has 2 aromatic carbocycles. The first-order chi connectivity index (χ1) is 15.7. The highest BCUT2D eigenvalue weighted by molar-refractivity contribution is 5.97. The summed E-state index contributed by atoms with van der Waals surface area (Å²) in [7, 11) is 1.89. The Morgan fingerprint density at radius 1 is 0.969 bits per heavy atom. The molecule has 8 heteroatoms. The molecule has 5 rings (SSSR count). The molecule has 32 heavy (non-hydrogen) atoms. The summed E-state index contributed by atoms with van der Waals surface area (Å²) in [6.45, 7) is 3.33. The van der Waals surface area contributed by atoms with E-state index in [0.717, 1.165) is 54.3 Å². The average Bonchev–Trinajstić information content (AvgIpc) is 2.85. The number of pyridine rings is 1. The fourth-order valence-electron chi connectivity index (χ4n) is 3.87. The van der Waals surface area contributed by atoms with Gasteiger partial charge in [0.15, 0.2) is 0 Å². The van der Waals surface area contributed by atoms with Crippen molar-refractivity contribution in [2.75, 3.05) is 54.6 Å². The van der Waals surface area contributed by atoms with Gasteiger partial charge in [-0.2, -0.15) is 4.98 Å². The van der Waals surface area contributed by atoms with E-state index in [-0.39, 0.29) is 0 Å². The maximum Gasteiger partial charge on any atom is 0.229 e. The summed E-state index contributed by atoms with van der Waals surface area (Å²) in [5.41, 5.74) is 11.8. The molecular formula is C24H25N7O. The number of nitrogens with zero attached hydrogens (tertiary/aromatic N) is 4. The van der Waals surface area contributed by atoms with E-state index in [1.807, 2.05) is 49.5 Å². The van der Waals surface area contributed by atoms with Crippen molar-refractivity contribution in [3.8, 4) is 11.3 Å². The molecule has 1 saturated heterocycles. The average molecular weight is 428 g/mol. The molecule has 0 atom stereocenters. The molecule has 3 heterocycles. The van der Waals surface area contributed by atoms with E-state index < -0.39 is 0 Å². The van der Waals surface area contributed by atoms with Gasteiger partial charge in [-0.25, -0.2) is 4.98 Å². The van der Waals surface area contributed by atoms with Gasteiger partial charge in [-0.15, -0.1) is 0 Å². The van der Waals surface area contributed by atoms with Crippen molar-refractivity contribution in [1.29, 1.82) is 0 Å². The topological polar surface area (TPSA) is 101 Å².